The van der Waals surface area contributed by atoms with Crippen LogP contribution < -0.4 is 4.72 Å². The van der Waals surface area contributed by atoms with Gasteiger partial charge in [0, 0.05) is 19.1 Å². The van der Waals surface area contributed by atoms with Crippen LogP contribution in [0, 0.1) is 18.3 Å². The maximum atomic E-state index is 12.9. The van der Waals surface area contributed by atoms with Crippen molar-refractivity contribution in [3.63, 3.8) is 0 Å². The number of hydrogen-bond acceptors (Lipinski definition) is 4. The van der Waals surface area contributed by atoms with Crippen molar-refractivity contribution in [3.05, 3.63) is 102 Å². The molecule has 160 valence electrons. The lowest BCUT2D eigenvalue weighted by Crippen LogP contribution is -2.49. The Kier molecular flexibility index (Phi) is 7.59. The molecule has 3 aromatic rings. The average molecular weight is 434 g/mol. The van der Waals surface area contributed by atoms with Gasteiger partial charge in [0.25, 0.3) is 0 Å². The van der Waals surface area contributed by atoms with Crippen molar-refractivity contribution in [1.82, 2.24) is 9.62 Å². The predicted molar refractivity (Wildman–Crippen MR) is 122 cm³/mol. The average Bonchev–Trinajstić information content (AvgIpc) is 2.78. The van der Waals surface area contributed by atoms with E-state index in [0.717, 1.165) is 16.7 Å². The van der Waals surface area contributed by atoms with Gasteiger partial charge in [-0.15, -0.1) is 0 Å². The molecule has 0 aliphatic rings. The van der Waals surface area contributed by atoms with Crippen LogP contribution >= 0.6 is 0 Å². The number of nitriles is 1. The van der Waals surface area contributed by atoms with E-state index in [-0.39, 0.29) is 10.9 Å². The summed E-state index contributed by atoms with van der Waals surface area (Å²) < 4.78 is 28.4. The van der Waals surface area contributed by atoms with E-state index in [4.69, 9.17) is 0 Å². The van der Waals surface area contributed by atoms with Crippen molar-refractivity contribution in [2.45, 2.75) is 43.9 Å². The zero-order valence-electron chi connectivity index (χ0n) is 17.8. The third-order valence-corrected chi connectivity index (χ3v) is 6.72. The van der Waals surface area contributed by atoms with Crippen LogP contribution in [0.1, 0.15) is 23.6 Å². The summed E-state index contributed by atoms with van der Waals surface area (Å²) in [6.07, 6.45) is 0. The summed E-state index contributed by atoms with van der Waals surface area (Å²) in [5.41, 5.74) is 3.17. The number of benzene rings is 3. The maximum Gasteiger partial charge on any atom is 0.241 e. The Hall–Kier alpha value is -2.98. The summed E-state index contributed by atoms with van der Waals surface area (Å²) in [5.74, 6) is 0. The lowest BCUT2D eigenvalue weighted by atomic mass is 10.1. The molecule has 0 spiro atoms. The van der Waals surface area contributed by atoms with Crippen molar-refractivity contribution in [3.8, 4) is 6.07 Å². The molecule has 0 radical (unpaired) electrons. The zero-order valence-corrected chi connectivity index (χ0v) is 18.6. The van der Waals surface area contributed by atoms with E-state index in [2.05, 4.69) is 15.7 Å². The fraction of sp³-hybridized carbons (Fsp3) is 0.240. The number of nitrogens with one attached hydrogen (secondary N) is 1. The number of sulfonamides is 1. The smallest absolute Gasteiger partial charge is 0.241 e. The number of hydrogen-bond donors (Lipinski definition) is 1. The summed E-state index contributed by atoms with van der Waals surface area (Å²) in [6, 6.07) is 27.4. The fourth-order valence-electron chi connectivity index (χ4n) is 3.38. The molecule has 0 aromatic heterocycles. The fourth-order valence-corrected chi connectivity index (χ4v) is 4.59. The van der Waals surface area contributed by atoms with Crippen LogP contribution in [0.5, 0.6) is 0 Å². The van der Waals surface area contributed by atoms with Crippen LogP contribution in [0.3, 0.4) is 0 Å². The normalized spacial score (nSPS) is 13.5. The van der Waals surface area contributed by atoms with Gasteiger partial charge in [0.15, 0.2) is 0 Å². The van der Waals surface area contributed by atoms with E-state index >= 15 is 0 Å². The molecule has 3 rings (SSSR count). The standard InChI is InChI=1S/C25H27N3O2S/c1-20-13-15-24(16-14-20)31(29,30)27-25(17-26)21(2)28(18-22-9-5-3-6-10-22)19-23-11-7-4-8-12-23/h3-16,21,25,27H,18-19H2,1-2H3. The van der Waals surface area contributed by atoms with E-state index in [0.29, 0.717) is 13.1 Å². The quantitative estimate of drug-likeness (QED) is 0.547. The van der Waals surface area contributed by atoms with E-state index in [9.17, 15) is 13.7 Å². The minimum absolute atomic E-state index is 0.156. The first-order valence-corrected chi connectivity index (χ1v) is 11.7. The van der Waals surface area contributed by atoms with Gasteiger partial charge in [-0.05, 0) is 37.1 Å². The van der Waals surface area contributed by atoms with Gasteiger partial charge in [-0.1, -0.05) is 78.4 Å². The van der Waals surface area contributed by atoms with Crippen LogP contribution in [0.4, 0.5) is 0 Å². The molecule has 5 nitrogen and oxygen atoms in total. The molecule has 3 aromatic carbocycles. The van der Waals surface area contributed by atoms with Gasteiger partial charge < -0.3 is 0 Å². The molecular weight excluding hydrogens is 406 g/mol. The van der Waals surface area contributed by atoms with Crippen LogP contribution in [-0.2, 0) is 23.1 Å². The number of rotatable bonds is 9. The van der Waals surface area contributed by atoms with Crippen molar-refractivity contribution >= 4 is 10.0 Å². The first kappa shape index (κ1) is 22.7. The first-order chi connectivity index (χ1) is 14.9. The van der Waals surface area contributed by atoms with E-state index in [1.54, 1.807) is 24.3 Å². The molecule has 6 heteroatoms. The van der Waals surface area contributed by atoms with Crippen molar-refractivity contribution in [1.29, 1.82) is 5.26 Å². The second-order valence-corrected chi connectivity index (χ2v) is 9.37. The van der Waals surface area contributed by atoms with Gasteiger partial charge in [-0.25, -0.2) is 8.42 Å². The third kappa shape index (κ3) is 6.25. The highest BCUT2D eigenvalue weighted by molar-refractivity contribution is 7.89. The first-order valence-electron chi connectivity index (χ1n) is 10.2. The molecule has 31 heavy (non-hydrogen) atoms. The van der Waals surface area contributed by atoms with E-state index in [1.165, 1.54) is 0 Å². The molecule has 2 unspecified atom stereocenters. The zero-order chi connectivity index (χ0) is 22.3. The lowest BCUT2D eigenvalue weighted by Gasteiger charge is -2.32. The Balaban J connectivity index is 1.84. The molecule has 0 amide bonds. The summed E-state index contributed by atoms with van der Waals surface area (Å²) in [7, 11) is -3.81. The van der Waals surface area contributed by atoms with Crippen LogP contribution in [0.2, 0.25) is 0 Å². The molecule has 0 saturated carbocycles. The third-order valence-electron chi connectivity index (χ3n) is 5.27. The van der Waals surface area contributed by atoms with E-state index in [1.807, 2.05) is 74.5 Å². The molecule has 0 saturated heterocycles. The van der Waals surface area contributed by atoms with Gasteiger partial charge in [0.2, 0.25) is 10.0 Å². The molecule has 0 heterocycles. The Morgan fingerprint density at radius 3 is 1.81 bits per heavy atom. The highest BCUT2D eigenvalue weighted by Crippen LogP contribution is 2.18. The Morgan fingerprint density at radius 2 is 1.35 bits per heavy atom. The Labute approximate surface area is 185 Å². The van der Waals surface area contributed by atoms with Crippen molar-refractivity contribution in [2.24, 2.45) is 0 Å². The molecular formula is C25H27N3O2S. The minimum Gasteiger partial charge on any atom is -0.290 e. The second kappa shape index (κ2) is 10.4. The molecule has 0 aliphatic carbocycles. The summed E-state index contributed by atoms with van der Waals surface area (Å²) in [4.78, 5) is 2.28. The SMILES string of the molecule is Cc1ccc(S(=O)(=O)NC(C#N)C(C)N(Cc2ccccc2)Cc2ccccc2)cc1. The summed E-state index contributed by atoms with van der Waals surface area (Å²) in [5, 5.41) is 9.83. The molecule has 0 fully saturated rings. The van der Waals surface area contributed by atoms with Gasteiger partial charge in [-0.3, -0.25) is 4.90 Å². The van der Waals surface area contributed by atoms with Crippen LogP contribution in [0.25, 0.3) is 0 Å². The summed E-state index contributed by atoms with van der Waals surface area (Å²) in [6.45, 7) is 4.98. The van der Waals surface area contributed by atoms with Gasteiger partial charge in [-0.2, -0.15) is 9.98 Å². The minimum atomic E-state index is -3.81. The van der Waals surface area contributed by atoms with E-state index < -0.39 is 16.1 Å². The van der Waals surface area contributed by atoms with Gasteiger partial charge >= 0.3 is 0 Å². The highest BCUT2D eigenvalue weighted by Gasteiger charge is 2.28. The maximum absolute atomic E-state index is 12.9. The van der Waals surface area contributed by atoms with Gasteiger partial charge in [0.05, 0.1) is 11.0 Å². The second-order valence-electron chi connectivity index (χ2n) is 7.66. The van der Waals surface area contributed by atoms with Crippen molar-refractivity contribution < 1.29 is 8.42 Å². The summed E-state index contributed by atoms with van der Waals surface area (Å²) >= 11 is 0. The number of aryl methyl sites for hydroxylation is 1. The Bertz CT molecular complexity index is 1070. The Morgan fingerprint density at radius 1 is 0.871 bits per heavy atom. The largest absolute Gasteiger partial charge is 0.290 e. The predicted octanol–water partition coefficient (Wildman–Crippen LogP) is 4.26. The topological polar surface area (TPSA) is 73.2 Å². The highest BCUT2D eigenvalue weighted by atomic mass is 32.2. The molecule has 0 bridgehead atoms. The van der Waals surface area contributed by atoms with Gasteiger partial charge in [0.1, 0.15) is 6.04 Å². The van der Waals surface area contributed by atoms with Crippen LogP contribution in [0.15, 0.2) is 89.8 Å². The van der Waals surface area contributed by atoms with Crippen LogP contribution in [-0.4, -0.2) is 25.4 Å². The monoisotopic (exact) mass is 433 g/mol. The van der Waals surface area contributed by atoms with Crippen molar-refractivity contribution in [2.75, 3.05) is 0 Å². The number of nitrogens with zero attached hydrogens (tertiary/aromatic N) is 2. The molecule has 0 aliphatic heterocycles. The molecule has 2 atom stereocenters. The molecule has 1 N–H and O–H groups in total. The lowest BCUT2D eigenvalue weighted by molar-refractivity contribution is 0.176.